The van der Waals surface area contributed by atoms with E-state index in [0.29, 0.717) is 11.0 Å². The van der Waals surface area contributed by atoms with Gasteiger partial charge in [-0.15, -0.1) is 0 Å². The Morgan fingerprint density at radius 1 is 1.17 bits per heavy atom. The van der Waals surface area contributed by atoms with Gasteiger partial charge in [0.05, 0.1) is 5.39 Å². The van der Waals surface area contributed by atoms with Gasteiger partial charge in [0.2, 0.25) is 11.8 Å². The highest BCUT2D eigenvalue weighted by atomic mass is 16.3. The van der Waals surface area contributed by atoms with E-state index in [1.165, 1.54) is 0 Å². The second-order valence-electron chi connectivity index (χ2n) is 5.88. The first-order chi connectivity index (χ1) is 11.3. The summed E-state index contributed by atoms with van der Waals surface area (Å²) in [6.45, 7) is 3.77. The average molecular weight is 328 g/mol. The van der Waals surface area contributed by atoms with Gasteiger partial charge in [-0.3, -0.25) is 24.5 Å². The van der Waals surface area contributed by atoms with Crippen LogP contribution in [0.25, 0.3) is 11.0 Å². The molecular weight excluding hydrogens is 312 g/mol. The fourth-order valence-electron chi connectivity index (χ4n) is 2.58. The fraction of sp³-hybridized carbons (Fsp3) is 0.294. The third-order valence-corrected chi connectivity index (χ3v) is 4.11. The Kier molecular flexibility index (Phi) is 3.92. The Morgan fingerprint density at radius 2 is 1.88 bits per heavy atom. The molecule has 1 aliphatic heterocycles. The smallest absolute Gasteiger partial charge is 0.287 e. The van der Waals surface area contributed by atoms with Gasteiger partial charge in [-0.2, -0.15) is 0 Å². The molecule has 1 aromatic heterocycles. The van der Waals surface area contributed by atoms with E-state index < -0.39 is 17.9 Å². The van der Waals surface area contributed by atoms with Crippen LogP contribution in [-0.2, 0) is 9.59 Å². The molecule has 2 aromatic rings. The SMILES string of the molecule is Cc1cc2oc(C(=O)NC3CCC(=O)NC3=O)cc(=O)c2cc1C. The molecule has 7 heteroatoms. The minimum atomic E-state index is -0.823. The summed E-state index contributed by atoms with van der Waals surface area (Å²) in [4.78, 5) is 47.3. The highest BCUT2D eigenvalue weighted by molar-refractivity contribution is 6.03. The summed E-state index contributed by atoms with van der Waals surface area (Å²) < 4.78 is 5.53. The van der Waals surface area contributed by atoms with Crippen LogP contribution >= 0.6 is 0 Å². The minimum absolute atomic E-state index is 0.150. The van der Waals surface area contributed by atoms with Gasteiger partial charge in [0.15, 0.2) is 11.2 Å². The van der Waals surface area contributed by atoms with Crippen molar-refractivity contribution in [1.82, 2.24) is 10.6 Å². The van der Waals surface area contributed by atoms with E-state index in [1.54, 1.807) is 12.1 Å². The number of piperidine rings is 1. The third kappa shape index (κ3) is 2.92. The molecule has 0 spiro atoms. The van der Waals surface area contributed by atoms with Gasteiger partial charge < -0.3 is 9.73 Å². The molecule has 0 radical (unpaired) electrons. The number of hydrogen-bond donors (Lipinski definition) is 2. The fourth-order valence-corrected chi connectivity index (χ4v) is 2.58. The number of carbonyl (C=O) groups excluding carboxylic acids is 3. The largest absolute Gasteiger partial charge is 0.451 e. The molecule has 1 unspecified atom stereocenters. The zero-order valence-corrected chi connectivity index (χ0v) is 13.3. The molecule has 3 amide bonds. The van der Waals surface area contributed by atoms with Crippen LogP contribution in [0.1, 0.15) is 34.5 Å². The molecule has 1 atom stereocenters. The van der Waals surface area contributed by atoms with Gasteiger partial charge in [0.25, 0.3) is 5.91 Å². The Bertz CT molecular complexity index is 928. The number of carbonyl (C=O) groups is 3. The van der Waals surface area contributed by atoms with E-state index in [9.17, 15) is 19.2 Å². The van der Waals surface area contributed by atoms with Crippen molar-refractivity contribution in [2.45, 2.75) is 32.7 Å². The number of imide groups is 1. The standard InChI is InChI=1S/C17H16N2O5/c1-8-5-10-12(20)7-14(24-13(10)6-9(8)2)17(23)18-11-3-4-15(21)19-16(11)22/h5-7,11H,3-4H2,1-2H3,(H,18,23)(H,19,21,22). The summed E-state index contributed by atoms with van der Waals surface area (Å²) >= 11 is 0. The third-order valence-electron chi connectivity index (χ3n) is 4.11. The molecule has 24 heavy (non-hydrogen) atoms. The molecule has 1 aromatic carbocycles. The van der Waals surface area contributed by atoms with E-state index in [-0.39, 0.29) is 29.9 Å². The molecule has 1 fully saturated rings. The van der Waals surface area contributed by atoms with Crippen molar-refractivity contribution in [3.8, 4) is 0 Å². The van der Waals surface area contributed by atoms with Crippen LogP contribution in [-0.4, -0.2) is 23.8 Å². The number of fused-ring (bicyclic) bond motifs is 1. The highest BCUT2D eigenvalue weighted by Crippen LogP contribution is 2.18. The van der Waals surface area contributed by atoms with Gasteiger partial charge in [-0.25, -0.2) is 0 Å². The van der Waals surface area contributed by atoms with Gasteiger partial charge >= 0.3 is 0 Å². The van der Waals surface area contributed by atoms with Crippen molar-refractivity contribution in [3.63, 3.8) is 0 Å². The monoisotopic (exact) mass is 328 g/mol. The Hall–Kier alpha value is -2.96. The topological polar surface area (TPSA) is 105 Å². The van der Waals surface area contributed by atoms with Crippen molar-refractivity contribution in [1.29, 1.82) is 0 Å². The number of hydrogen-bond acceptors (Lipinski definition) is 5. The van der Waals surface area contributed by atoms with Crippen LogP contribution in [0.5, 0.6) is 0 Å². The first-order valence-corrected chi connectivity index (χ1v) is 7.55. The van der Waals surface area contributed by atoms with E-state index in [0.717, 1.165) is 17.2 Å². The zero-order valence-electron chi connectivity index (χ0n) is 13.3. The summed E-state index contributed by atoms with van der Waals surface area (Å²) in [6.07, 6.45) is 0.364. The molecule has 2 heterocycles. The Balaban J connectivity index is 1.90. The molecular formula is C17H16N2O5. The number of benzene rings is 1. The second-order valence-corrected chi connectivity index (χ2v) is 5.88. The quantitative estimate of drug-likeness (QED) is 0.798. The van der Waals surface area contributed by atoms with Crippen molar-refractivity contribution in [2.75, 3.05) is 0 Å². The normalized spacial score (nSPS) is 17.7. The summed E-state index contributed by atoms with van der Waals surface area (Å²) in [5, 5.41) is 5.04. The minimum Gasteiger partial charge on any atom is -0.451 e. The molecule has 0 aliphatic carbocycles. The Labute approximate surface area is 137 Å². The lowest BCUT2D eigenvalue weighted by Crippen LogP contribution is -2.52. The molecule has 0 bridgehead atoms. The van der Waals surface area contributed by atoms with Crippen LogP contribution in [0.4, 0.5) is 0 Å². The molecule has 2 N–H and O–H groups in total. The van der Waals surface area contributed by atoms with Crippen LogP contribution in [0.2, 0.25) is 0 Å². The van der Waals surface area contributed by atoms with Gasteiger partial charge in [-0.1, -0.05) is 0 Å². The average Bonchev–Trinajstić information content (AvgIpc) is 2.51. The highest BCUT2D eigenvalue weighted by Gasteiger charge is 2.28. The summed E-state index contributed by atoms with van der Waals surface area (Å²) in [6, 6.07) is 3.71. The van der Waals surface area contributed by atoms with Crippen molar-refractivity contribution < 1.29 is 18.8 Å². The summed E-state index contributed by atoms with van der Waals surface area (Å²) in [5.41, 5.74) is 1.88. The Morgan fingerprint density at radius 3 is 2.58 bits per heavy atom. The number of rotatable bonds is 2. The summed E-state index contributed by atoms with van der Waals surface area (Å²) in [7, 11) is 0. The molecule has 0 saturated carbocycles. The maximum Gasteiger partial charge on any atom is 0.287 e. The maximum absolute atomic E-state index is 12.3. The van der Waals surface area contributed by atoms with E-state index in [2.05, 4.69) is 10.6 Å². The van der Waals surface area contributed by atoms with Crippen LogP contribution in [0.3, 0.4) is 0 Å². The zero-order chi connectivity index (χ0) is 17.4. The van der Waals surface area contributed by atoms with Crippen molar-refractivity contribution >= 4 is 28.7 Å². The van der Waals surface area contributed by atoms with Crippen molar-refractivity contribution in [3.05, 3.63) is 45.3 Å². The van der Waals surface area contributed by atoms with Crippen LogP contribution < -0.4 is 16.1 Å². The molecule has 7 nitrogen and oxygen atoms in total. The summed E-state index contributed by atoms with van der Waals surface area (Å²) in [5.74, 6) is -1.76. The molecule has 3 rings (SSSR count). The number of aryl methyl sites for hydroxylation is 2. The predicted molar refractivity (Wildman–Crippen MR) is 85.6 cm³/mol. The molecule has 124 valence electrons. The lowest BCUT2D eigenvalue weighted by molar-refractivity contribution is -0.134. The predicted octanol–water partition coefficient (Wildman–Crippen LogP) is 0.945. The van der Waals surface area contributed by atoms with E-state index in [1.807, 2.05) is 13.8 Å². The van der Waals surface area contributed by atoms with Gasteiger partial charge in [0.1, 0.15) is 11.6 Å². The second kappa shape index (κ2) is 5.92. The van der Waals surface area contributed by atoms with Crippen LogP contribution in [0.15, 0.2) is 27.4 Å². The number of amides is 3. The van der Waals surface area contributed by atoms with Crippen molar-refractivity contribution in [2.24, 2.45) is 0 Å². The lowest BCUT2D eigenvalue weighted by atomic mass is 10.1. The van der Waals surface area contributed by atoms with Gasteiger partial charge in [-0.05, 0) is 43.5 Å². The lowest BCUT2D eigenvalue weighted by Gasteiger charge is -2.21. The van der Waals surface area contributed by atoms with Crippen LogP contribution in [0, 0.1) is 13.8 Å². The first-order valence-electron chi connectivity index (χ1n) is 7.55. The first kappa shape index (κ1) is 15.9. The van der Waals surface area contributed by atoms with Gasteiger partial charge in [0, 0.05) is 12.5 Å². The molecule has 1 saturated heterocycles. The maximum atomic E-state index is 12.3. The van der Waals surface area contributed by atoms with E-state index in [4.69, 9.17) is 4.42 Å². The number of nitrogens with one attached hydrogen (secondary N) is 2. The van der Waals surface area contributed by atoms with E-state index >= 15 is 0 Å². The molecule has 1 aliphatic rings.